The van der Waals surface area contributed by atoms with Gasteiger partial charge in [0.1, 0.15) is 5.82 Å². The number of hydrogen-bond acceptors (Lipinski definition) is 3. The molecule has 2 N–H and O–H groups in total. The van der Waals surface area contributed by atoms with E-state index in [1.807, 2.05) is 11.7 Å². The summed E-state index contributed by atoms with van der Waals surface area (Å²) in [6, 6.07) is 4.24. The van der Waals surface area contributed by atoms with Crippen LogP contribution in [-0.2, 0) is 7.05 Å². The van der Waals surface area contributed by atoms with E-state index < -0.39 is 0 Å². The zero-order valence-corrected chi connectivity index (χ0v) is 11.3. The van der Waals surface area contributed by atoms with Crippen LogP contribution < -0.4 is 5.73 Å². The zero-order valence-electron chi connectivity index (χ0n) is 10.5. The summed E-state index contributed by atoms with van der Waals surface area (Å²) in [6.07, 6.45) is 4.09. The van der Waals surface area contributed by atoms with Gasteiger partial charge in [0.25, 0.3) is 0 Å². The number of nitrogens with zero attached hydrogens (tertiary/aromatic N) is 2. The zero-order chi connectivity index (χ0) is 12.3. The maximum Gasteiger partial charge on any atom is 0.130 e. The molecule has 2 heterocycles. The monoisotopic (exact) mass is 259 g/mol. The smallest absolute Gasteiger partial charge is 0.130 e. The lowest BCUT2D eigenvalue weighted by molar-refractivity contribution is 0.594. The molecule has 4 rings (SSSR count). The summed E-state index contributed by atoms with van der Waals surface area (Å²) < 4.78 is 1.84. The van der Waals surface area contributed by atoms with Gasteiger partial charge in [-0.15, -0.1) is 11.3 Å². The van der Waals surface area contributed by atoms with E-state index in [9.17, 15) is 0 Å². The van der Waals surface area contributed by atoms with E-state index in [0.717, 1.165) is 17.7 Å². The van der Waals surface area contributed by atoms with Crippen LogP contribution >= 0.6 is 11.3 Å². The molecule has 2 aromatic rings. The highest BCUT2D eigenvalue weighted by Gasteiger charge is 2.47. The first-order valence-corrected chi connectivity index (χ1v) is 7.48. The third-order valence-electron chi connectivity index (χ3n) is 4.52. The standard InChI is InChI=1S/C14H17N3S/c1-17-14(15)12(11-3-2-4-18-11)13(16-17)10-6-8-5-9(8)7-10/h2-4,8-10H,5-7,15H2,1H3. The molecule has 3 nitrogen and oxygen atoms in total. The molecule has 0 amide bonds. The van der Waals surface area contributed by atoms with Gasteiger partial charge >= 0.3 is 0 Å². The lowest BCUT2D eigenvalue weighted by atomic mass is 9.96. The van der Waals surface area contributed by atoms with E-state index in [-0.39, 0.29) is 0 Å². The summed E-state index contributed by atoms with van der Waals surface area (Å²) in [7, 11) is 1.95. The minimum atomic E-state index is 0.634. The van der Waals surface area contributed by atoms with Gasteiger partial charge in [0.05, 0.1) is 11.3 Å². The Morgan fingerprint density at radius 3 is 2.78 bits per heavy atom. The number of fused-ring (bicyclic) bond motifs is 1. The third kappa shape index (κ3) is 1.45. The van der Waals surface area contributed by atoms with Crippen molar-refractivity contribution >= 4 is 17.2 Å². The normalized spacial score (nSPS) is 29.5. The van der Waals surface area contributed by atoms with Gasteiger partial charge in [-0.3, -0.25) is 4.68 Å². The topological polar surface area (TPSA) is 43.8 Å². The predicted octanol–water partition coefficient (Wildman–Crippen LogP) is 3.24. The second-order valence-electron chi connectivity index (χ2n) is 5.67. The van der Waals surface area contributed by atoms with Gasteiger partial charge in [-0.1, -0.05) is 6.07 Å². The Balaban J connectivity index is 1.80. The first kappa shape index (κ1) is 10.6. The van der Waals surface area contributed by atoms with Crippen molar-refractivity contribution in [2.45, 2.75) is 25.2 Å². The molecule has 2 atom stereocenters. The van der Waals surface area contributed by atoms with Crippen molar-refractivity contribution in [1.29, 1.82) is 0 Å². The first-order valence-electron chi connectivity index (χ1n) is 6.60. The Labute approximate surface area is 111 Å². The Bertz CT molecular complexity index is 574. The van der Waals surface area contributed by atoms with Gasteiger partial charge in [-0.25, -0.2) is 0 Å². The molecule has 2 aliphatic rings. The summed E-state index contributed by atoms with van der Waals surface area (Å²) in [5.74, 6) is 3.41. The van der Waals surface area contributed by atoms with Crippen LogP contribution in [-0.4, -0.2) is 9.78 Å². The molecule has 2 saturated carbocycles. The molecule has 2 fully saturated rings. The first-order chi connectivity index (χ1) is 8.74. The fraction of sp³-hybridized carbons (Fsp3) is 0.500. The fourth-order valence-electron chi connectivity index (χ4n) is 3.46. The van der Waals surface area contributed by atoms with E-state index in [0.29, 0.717) is 5.92 Å². The number of anilines is 1. The second kappa shape index (κ2) is 3.60. The Morgan fingerprint density at radius 2 is 2.11 bits per heavy atom. The van der Waals surface area contributed by atoms with Gasteiger partial charge in [-0.2, -0.15) is 5.10 Å². The maximum atomic E-state index is 6.22. The summed E-state index contributed by atoms with van der Waals surface area (Å²) >= 11 is 1.76. The molecule has 2 aromatic heterocycles. The van der Waals surface area contributed by atoms with Crippen LogP contribution in [0.1, 0.15) is 30.9 Å². The number of thiophene rings is 1. The molecular formula is C14H17N3S. The van der Waals surface area contributed by atoms with Crippen molar-refractivity contribution in [3.05, 3.63) is 23.2 Å². The van der Waals surface area contributed by atoms with Gasteiger partial charge in [-0.05, 0) is 42.5 Å². The summed E-state index contributed by atoms with van der Waals surface area (Å²) in [4.78, 5) is 1.26. The average Bonchev–Trinajstić information content (AvgIpc) is 2.79. The number of nitrogens with two attached hydrogens (primary N) is 1. The molecule has 0 aromatic carbocycles. The maximum absolute atomic E-state index is 6.22. The van der Waals surface area contributed by atoms with Crippen molar-refractivity contribution in [2.24, 2.45) is 18.9 Å². The lowest BCUT2D eigenvalue weighted by Crippen LogP contribution is -2.00. The van der Waals surface area contributed by atoms with Crippen molar-refractivity contribution in [2.75, 3.05) is 5.73 Å². The van der Waals surface area contributed by atoms with E-state index >= 15 is 0 Å². The lowest BCUT2D eigenvalue weighted by Gasteiger charge is -2.10. The molecule has 0 spiro atoms. The molecule has 0 bridgehead atoms. The minimum Gasteiger partial charge on any atom is -0.383 e. The fourth-order valence-corrected chi connectivity index (χ4v) is 4.24. The summed E-state index contributed by atoms with van der Waals surface area (Å²) in [5, 5.41) is 6.81. The van der Waals surface area contributed by atoms with Crippen LogP contribution in [0.15, 0.2) is 17.5 Å². The molecule has 4 heteroatoms. The number of hydrogen-bond donors (Lipinski definition) is 1. The molecule has 94 valence electrons. The highest BCUT2D eigenvalue weighted by atomic mass is 32.1. The van der Waals surface area contributed by atoms with Crippen LogP contribution in [0.4, 0.5) is 5.82 Å². The summed E-state index contributed by atoms with van der Waals surface area (Å²) in [6.45, 7) is 0. The molecule has 18 heavy (non-hydrogen) atoms. The third-order valence-corrected chi connectivity index (χ3v) is 5.40. The minimum absolute atomic E-state index is 0.634. The van der Waals surface area contributed by atoms with Gasteiger partial charge < -0.3 is 5.73 Å². The van der Waals surface area contributed by atoms with Crippen molar-refractivity contribution in [3.63, 3.8) is 0 Å². The van der Waals surface area contributed by atoms with E-state index in [1.165, 1.54) is 35.4 Å². The van der Waals surface area contributed by atoms with Crippen LogP contribution in [0, 0.1) is 11.8 Å². The average molecular weight is 259 g/mol. The SMILES string of the molecule is Cn1nc(C2CC3CC3C2)c(-c2cccs2)c1N. The highest BCUT2D eigenvalue weighted by molar-refractivity contribution is 7.13. The van der Waals surface area contributed by atoms with E-state index in [2.05, 4.69) is 17.5 Å². The van der Waals surface area contributed by atoms with Gasteiger partial charge in [0.15, 0.2) is 0 Å². The van der Waals surface area contributed by atoms with Crippen molar-refractivity contribution in [3.8, 4) is 10.4 Å². The van der Waals surface area contributed by atoms with Gasteiger partial charge in [0, 0.05) is 17.8 Å². The number of aryl methyl sites for hydroxylation is 1. The molecule has 0 aliphatic heterocycles. The largest absolute Gasteiger partial charge is 0.383 e. The van der Waals surface area contributed by atoms with Crippen LogP contribution in [0.5, 0.6) is 0 Å². The van der Waals surface area contributed by atoms with E-state index in [4.69, 9.17) is 10.8 Å². The number of aromatic nitrogens is 2. The number of rotatable bonds is 2. The second-order valence-corrected chi connectivity index (χ2v) is 6.62. The molecule has 2 unspecified atom stereocenters. The van der Waals surface area contributed by atoms with Crippen LogP contribution in [0.25, 0.3) is 10.4 Å². The highest BCUT2D eigenvalue weighted by Crippen LogP contribution is 2.58. The molecular weight excluding hydrogens is 242 g/mol. The van der Waals surface area contributed by atoms with E-state index in [1.54, 1.807) is 11.3 Å². The Morgan fingerprint density at radius 1 is 1.33 bits per heavy atom. The van der Waals surface area contributed by atoms with Crippen molar-refractivity contribution in [1.82, 2.24) is 9.78 Å². The molecule has 0 radical (unpaired) electrons. The predicted molar refractivity (Wildman–Crippen MR) is 74.5 cm³/mol. The Kier molecular flexibility index (Phi) is 2.13. The quantitative estimate of drug-likeness (QED) is 0.899. The summed E-state index contributed by atoms with van der Waals surface area (Å²) in [5.41, 5.74) is 8.65. The van der Waals surface area contributed by atoms with Crippen molar-refractivity contribution < 1.29 is 0 Å². The van der Waals surface area contributed by atoms with Gasteiger partial charge in [0.2, 0.25) is 0 Å². The Hall–Kier alpha value is -1.29. The van der Waals surface area contributed by atoms with Crippen LogP contribution in [0.3, 0.4) is 0 Å². The molecule has 0 saturated heterocycles. The number of nitrogen functional groups attached to an aromatic ring is 1. The molecule has 2 aliphatic carbocycles. The van der Waals surface area contributed by atoms with Crippen LogP contribution in [0.2, 0.25) is 0 Å².